The predicted molar refractivity (Wildman–Crippen MR) is 61.0 cm³/mol. The van der Waals surface area contributed by atoms with E-state index in [9.17, 15) is 18.0 Å². The zero-order valence-electron chi connectivity index (χ0n) is 10.0. The zero-order valence-corrected chi connectivity index (χ0v) is 10.0. The van der Waals surface area contributed by atoms with Gasteiger partial charge in [-0.15, -0.1) is 0 Å². The Morgan fingerprint density at radius 2 is 1.89 bits per heavy atom. The van der Waals surface area contributed by atoms with Crippen molar-refractivity contribution in [2.75, 3.05) is 13.1 Å². The molecule has 2 amide bonds. The molecule has 102 valence electrons. The average molecular weight is 262 g/mol. The fraction of sp³-hybridized carbons (Fsp3) is 0.750. The van der Waals surface area contributed by atoms with E-state index in [4.69, 9.17) is 0 Å². The van der Waals surface area contributed by atoms with Gasteiger partial charge < -0.3 is 10.2 Å². The second kappa shape index (κ2) is 5.20. The first-order valence-electron chi connectivity index (χ1n) is 6.24. The number of urea groups is 1. The number of halogens is 3. The van der Waals surface area contributed by atoms with Crippen molar-refractivity contribution >= 4 is 6.03 Å². The number of hydrogen-bond donors (Lipinski definition) is 1. The van der Waals surface area contributed by atoms with Crippen molar-refractivity contribution < 1.29 is 18.0 Å². The van der Waals surface area contributed by atoms with E-state index >= 15 is 0 Å². The van der Waals surface area contributed by atoms with Gasteiger partial charge in [0.05, 0.1) is 5.92 Å². The van der Waals surface area contributed by atoms with Gasteiger partial charge in [0, 0.05) is 19.1 Å². The number of alkyl halides is 3. The average Bonchev–Trinajstić information content (AvgIpc) is 2.81. The lowest BCUT2D eigenvalue weighted by atomic mass is 9.85. The first kappa shape index (κ1) is 13.2. The predicted octanol–water partition coefficient (Wildman–Crippen LogP) is 2.69. The molecule has 1 aliphatic heterocycles. The van der Waals surface area contributed by atoms with E-state index in [-0.39, 0.29) is 24.9 Å². The van der Waals surface area contributed by atoms with E-state index < -0.39 is 12.1 Å². The van der Waals surface area contributed by atoms with E-state index in [1.165, 1.54) is 0 Å². The molecule has 0 aromatic carbocycles. The number of hydrogen-bond acceptors (Lipinski definition) is 1. The highest BCUT2D eigenvalue weighted by molar-refractivity contribution is 5.75. The molecule has 0 radical (unpaired) electrons. The minimum absolute atomic E-state index is 0.0104. The molecule has 1 heterocycles. The smallest absolute Gasteiger partial charge is 0.335 e. The second-order valence-corrected chi connectivity index (χ2v) is 4.93. The maximum atomic E-state index is 12.6. The van der Waals surface area contributed by atoms with Gasteiger partial charge in [-0.05, 0) is 19.3 Å². The Morgan fingerprint density at radius 3 is 2.50 bits per heavy atom. The maximum Gasteiger partial charge on any atom is 0.391 e. The second-order valence-electron chi connectivity index (χ2n) is 4.93. The van der Waals surface area contributed by atoms with Crippen LogP contribution in [0.25, 0.3) is 0 Å². The molecule has 1 saturated carbocycles. The first-order chi connectivity index (χ1) is 8.47. The van der Waals surface area contributed by atoms with Gasteiger partial charge in [0.2, 0.25) is 0 Å². The quantitative estimate of drug-likeness (QED) is 0.724. The molecule has 0 spiro atoms. The molecule has 3 nitrogen and oxygen atoms in total. The highest BCUT2D eigenvalue weighted by Gasteiger charge is 2.42. The highest BCUT2D eigenvalue weighted by Crippen LogP contribution is 2.37. The van der Waals surface area contributed by atoms with Crippen molar-refractivity contribution in [3.63, 3.8) is 0 Å². The maximum absolute atomic E-state index is 12.6. The minimum atomic E-state index is -4.14. The third-order valence-electron chi connectivity index (χ3n) is 3.57. The Morgan fingerprint density at radius 1 is 1.22 bits per heavy atom. The number of nitrogens with one attached hydrogen (secondary N) is 1. The molecule has 2 aliphatic rings. The molecule has 1 fully saturated rings. The summed E-state index contributed by atoms with van der Waals surface area (Å²) in [4.78, 5) is 13.3. The van der Waals surface area contributed by atoms with Gasteiger partial charge >= 0.3 is 12.2 Å². The van der Waals surface area contributed by atoms with E-state index in [1.807, 2.05) is 12.2 Å². The van der Waals surface area contributed by atoms with Gasteiger partial charge in [-0.3, -0.25) is 0 Å². The molecule has 0 bridgehead atoms. The summed E-state index contributed by atoms with van der Waals surface area (Å²) in [5.74, 6) is -1.27. The third-order valence-corrected chi connectivity index (χ3v) is 3.57. The minimum Gasteiger partial charge on any atom is -0.335 e. The van der Waals surface area contributed by atoms with Crippen LogP contribution in [0.4, 0.5) is 18.0 Å². The van der Waals surface area contributed by atoms with Gasteiger partial charge in [-0.1, -0.05) is 18.6 Å². The Hall–Kier alpha value is -1.20. The van der Waals surface area contributed by atoms with Crippen LogP contribution in [-0.2, 0) is 0 Å². The lowest BCUT2D eigenvalue weighted by molar-refractivity contribution is -0.183. The molecule has 0 aromatic rings. The number of nitrogens with zero attached hydrogens (tertiary/aromatic N) is 1. The van der Waals surface area contributed by atoms with E-state index in [1.54, 1.807) is 4.90 Å². The van der Waals surface area contributed by atoms with Gasteiger partial charge in [0.25, 0.3) is 0 Å². The molecule has 1 aliphatic carbocycles. The molecule has 1 N–H and O–H groups in total. The van der Waals surface area contributed by atoms with Crippen LogP contribution in [0.15, 0.2) is 12.2 Å². The lowest BCUT2D eigenvalue weighted by Crippen LogP contribution is -2.46. The summed E-state index contributed by atoms with van der Waals surface area (Å²) in [5.41, 5.74) is 0. The van der Waals surface area contributed by atoms with Crippen LogP contribution in [-0.4, -0.2) is 36.2 Å². The van der Waals surface area contributed by atoms with Crippen molar-refractivity contribution in [1.82, 2.24) is 10.2 Å². The van der Waals surface area contributed by atoms with Crippen molar-refractivity contribution in [1.29, 1.82) is 0 Å². The molecule has 0 aromatic heterocycles. The summed E-state index contributed by atoms with van der Waals surface area (Å²) in [6, 6.07) is -0.605. The van der Waals surface area contributed by atoms with Gasteiger partial charge in [-0.2, -0.15) is 13.2 Å². The lowest BCUT2D eigenvalue weighted by Gasteiger charge is -2.32. The third kappa shape index (κ3) is 3.17. The monoisotopic (exact) mass is 262 g/mol. The zero-order chi connectivity index (χ0) is 13.2. The molecule has 0 saturated heterocycles. The topological polar surface area (TPSA) is 32.3 Å². The fourth-order valence-electron chi connectivity index (χ4n) is 2.53. The van der Waals surface area contributed by atoms with Crippen LogP contribution in [0.5, 0.6) is 0 Å². The van der Waals surface area contributed by atoms with Gasteiger partial charge in [0.15, 0.2) is 0 Å². The summed E-state index contributed by atoms with van der Waals surface area (Å²) in [6.07, 6.45) is 0.959. The summed E-state index contributed by atoms with van der Waals surface area (Å²) >= 11 is 0. The van der Waals surface area contributed by atoms with Crippen LogP contribution in [0.2, 0.25) is 0 Å². The number of rotatable bonds is 1. The van der Waals surface area contributed by atoms with E-state index in [0.717, 1.165) is 0 Å². The van der Waals surface area contributed by atoms with Crippen molar-refractivity contribution in [3.05, 3.63) is 12.2 Å². The Kier molecular flexibility index (Phi) is 3.82. The van der Waals surface area contributed by atoms with Crippen molar-refractivity contribution in [2.45, 2.75) is 37.9 Å². The Balaban J connectivity index is 1.84. The Bertz CT molecular complexity index is 333. The highest BCUT2D eigenvalue weighted by atomic mass is 19.4. The van der Waals surface area contributed by atoms with Crippen LogP contribution in [0.3, 0.4) is 0 Å². The van der Waals surface area contributed by atoms with Crippen LogP contribution in [0, 0.1) is 5.92 Å². The molecule has 2 rings (SSSR count). The van der Waals surface area contributed by atoms with Crippen LogP contribution in [0.1, 0.15) is 25.7 Å². The van der Waals surface area contributed by atoms with Gasteiger partial charge in [-0.25, -0.2) is 4.79 Å². The van der Waals surface area contributed by atoms with Crippen molar-refractivity contribution in [3.8, 4) is 0 Å². The standard InChI is InChI=1S/C12H17F3N2O/c13-12(14,15)9-4-3-5-10(8-9)16-11(18)17-6-1-2-7-17/h1-2,9-10H,3-8H2,(H,16,18)/t9-,10-/m1/s1. The van der Waals surface area contributed by atoms with E-state index in [2.05, 4.69) is 5.32 Å². The number of amides is 2. The molecular weight excluding hydrogens is 245 g/mol. The van der Waals surface area contributed by atoms with Crippen LogP contribution >= 0.6 is 0 Å². The molecule has 18 heavy (non-hydrogen) atoms. The summed E-state index contributed by atoms with van der Waals surface area (Å²) in [7, 11) is 0. The molecule has 6 heteroatoms. The van der Waals surface area contributed by atoms with Gasteiger partial charge in [0.1, 0.15) is 0 Å². The number of carbonyl (C=O) groups is 1. The summed E-state index contributed by atoms with van der Waals surface area (Å²) in [5, 5.41) is 2.71. The molecule has 0 unspecified atom stereocenters. The normalized spacial score (nSPS) is 28.5. The fourth-order valence-corrected chi connectivity index (χ4v) is 2.53. The summed E-state index contributed by atoms with van der Waals surface area (Å²) < 4.78 is 37.9. The van der Waals surface area contributed by atoms with E-state index in [0.29, 0.717) is 25.9 Å². The van der Waals surface area contributed by atoms with Crippen LogP contribution < -0.4 is 5.32 Å². The first-order valence-corrected chi connectivity index (χ1v) is 6.24. The largest absolute Gasteiger partial charge is 0.391 e. The molecular formula is C12H17F3N2O. The SMILES string of the molecule is O=C(N[C@@H]1CCC[C@@H](C(F)(F)F)C1)N1CC=CC1. The Labute approximate surface area is 104 Å². The summed E-state index contributed by atoms with van der Waals surface area (Å²) in [6.45, 7) is 1.09. The molecule has 2 atom stereocenters. The van der Waals surface area contributed by atoms with Crippen molar-refractivity contribution in [2.24, 2.45) is 5.92 Å². The number of carbonyl (C=O) groups excluding carboxylic acids is 1.